The highest BCUT2D eigenvalue weighted by Crippen LogP contribution is 2.42. The van der Waals surface area contributed by atoms with Gasteiger partial charge in [-0.3, -0.25) is 4.79 Å². The van der Waals surface area contributed by atoms with E-state index in [0.29, 0.717) is 12.5 Å². The van der Waals surface area contributed by atoms with E-state index >= 15 is 0 Å². The lowest BCUT2D eigenvalue weighted by atomic mass is 9.76. The van der Waals surface area contributed by atoms with Gasteiger partial charge in [-0.2, -0.15) is 11.3 Å². The van der Waals surface area contributed by atoms with E-state index in [-0.39, 0.29) is 17.4 Å². The maximum atomic E-state index is 12.5. The van der Waals surface area contributed by atoms with Crippen molar-refractivity contribution in [3.63, 3.8) is 0 Å². The lowest BCUT2D eigenvalue weighted by Gasteiger charge is -2.38. The topological polar surface area (TPSA) is 51.7 Å². The van der Waals surface area contributed by atoms with E-state index in [1.54, 1.807) is 17.5 Å². The molecule has 5 nitrogen and oxygen atoms in total. The second-order valence-corrected chi connectivity index (χ2v) is 7.70. The minimum Gasteiger partial charge on any atom is -0.475 e. The third-order valence-electron chi connectivity index (χ3n) is 5.22. The van der Waals surface area contributed by atoms with Crippen molar-refractivity contribution in [3.8, 4) is 5.88 Å². The van der Waals surface area contributed by atoms with Crippen LogP contribution >= 0.6 is 11.3 Å². The standard InChI is InChI=1S/C19H22N2O3S/c22-18(15-4-10-25-13-15)21-8-5-19(6-9-21)11-16(24-14-19)12-23-17-3-1-2-7-20-17/h1-4,7,10,13,16H,5-6,8-9,11-12,14H2/t16-/m0/s1. The normalized spacial score (nSPS) is 22.2. The summed E-state index contributed by atoms with van der Waals surface area (Å²) in [5.74, 6) is 0.799. The molecule has 2 saturated heterocycles. The maximum absolute atomic E-state index is 12.5. The van der Waals surface area contributed by atoms with Crippen LogP contribution < -0.4 is 4.74 Å². The van der Waals surface area contributed by atoms with Gasteiger partial charge in [-0.15, -0.1) is 0 Å². The molecule has 0 N–H and O–H groups in total. The number of ether oxygens (including phenoxy) is 2. The van der Waals surface area contributed by atoms with Gasteiger partial charge < -0.3 is 14.4 Å². The molecule has 132 valence electrons. The van der Waals surface area contributed by atoms with Gasteiger partial charge >= 0.3 is 0 Å². The Morgan fingerprint density at radius 2 is 2.24 bits per heavy atom. The molecule has 1 amide bonds. The Bertz CT molecular complexity index is 697. The molecule has 0 saturated carbocycles. The Morgan fingerprint density at radius 1 is 1.36 bits per heavy atom. The van der Waals surface area contributed by atoms with Gasteiger partial charge in [0.2, 0.25) is 5.88 Å². The van der Waals surface area contributed by atoms with Crippen molar-refractivity contribution in [1.29, 1.82) is 0 Å². The van der Waals surface area contributed by atoms with Gasteiger partial charge in [-0.05, 0) is 42.2 Å². The predicted octanol–water partition coefficient (Wildman–Crippen LogP) is 3.23. The lowest BCUT2D eigenvalue weighted by Crippen LogP contribution is -2.43. The summed E-state index contributed by atoms with van der Waals surface area (Å²) in [6, 6.07) is 7.55. The van der Waals surface area contributed by atoms with Crippen molar-refractivity contribution in [3.05, 3.63) is 46.8 Å². The van der Waals surface area contributed by atoms with E-state index in [2.05, 4.69) is 4.98 Å². The van der Waals surface area contributed by atoms with Crippen LogP contribution in [0.15, 0.2) is 41.2 Å². The van der Waals surface area contributed by atoms with Crippen LogP contribution in [0.3, 0.4) is 0 Å². The molecular weight excluding hydrogens is 336 g/mol. The summed E-state index contributed by atoms with van der Waals surface area (Å²) in [5.41, 5.74) is 1.01. The maximum Gasteiger partial charge on any atom is 0.254 e. The third-order valence-corrected chi connectivity index (χ3v) is 5.90. The largest absolute Gasteiger partial charge is 0.475 e. The number of pyridine rings is 1. The lowest BCUT2D eigenvalue weighted by molar-refractivity contribution is 0.0423. The summed E-state index contributed by atoms with van der Waals surface area (Å²) in [7, 11) is 0. The number of hydrogen-bond acceptors (Lipinski definition) is 5. The van der Waals surface area contributed by atoms with Crippen molar-refractivity contribution >= 4 is 17.2 Å². The molecule has 4 heterocycles. The molecule has 2 aliphatic rings. The summed E-state index contributed by atoms with van der Waals surface area (Å²) in [6.45, 7) is 2.93. The Balaban J connectivity index is 1.28. The van der Waals surface area contributed by atoms with Gasteiger partial charge in [0, 0.05) is 30.7 Å². The molecule has 2 fully saturated rings. The summed E-state index contributed by atoms with van der Waals surface area (Å²) in [6.07, 6.45) is 4.85. The van der Waals surface area contributed by atoms with E-state index in [1.807, 2.05) is 39.9 Å². The smallest absolute Gasteiger partial charge is 0.254 e. The highest BCUT2D eigenvalue weighted by molar-refractivity contribution is 7.08. The minimum absolute atomic E-state index is 0.112. The average Bonchev–Trinajstić information content (AvgIpc) is 3.32. The highest BCUT2D eigenvalue weighted by atomic mass is 32.1. The van der Waals surface area contributed by atoms with Gasteiger partial charge in [0.1, 0.15) is 6.61 Å². The van der Waals surface area contributed by atoms with Crippen LogP contribution in [0.1, 0.15) is 29.6 Å². The van der Waals surface area contributed by atoms with Gasteiger partial charge in [-0.25, -0.2) is 4.98 Å². The monoisotopic (exact) mass is 358 g/mol. The van der Waals surface area contributed by atoms with Crippen LogP contribution in [-0.2, 0) is 4.74 Å². The van der Waals surface area contributed by atoms with Crippen LogP contribution in [0, 0.1) is 5.41 Å². The van der Waals surface area contributed by atoms with E-state index in [4.69, 9.17) is 9.47 Å². The molecule has 0 radical (unpaired) electrons. The van der Waals surface area contributed by atoms with Crippen molar-refractivity contribution < 1.29 is 14.3 Å². The number of likely N-dealkylation sites (tertiary alicyclic amines) is 1. The fraction of sp³-hybridized carbons (Fsp3) is 0.474. The van der Waals surface area contributed by atoms with Crippen LogP contribution in [-0.4, -0.2) is 48.2 Å². The number of amides is 1. The molecule has 0 aliphatic carbocycles. The average molecular weight is 358 g/mol. The number of carbonyl (C=O) groups excluding carboxylic acids is 1. The molecule has 2 aliphatic heterocycles. The molecule has 2 aromatic rings. The fourth-order valence-electron chi connectivity index (χ4n) is 3.71. The molecular formula is C19H22N2O3S. The summed E-state index contributed by atoms with van der Waals surface area (Å²) in [4.78, 5) is 18.6. The van der Waals surface area contributed by atoms with Crippen LogP contribution in [0.4, 0.5) is 0 Å². The molecule has 4 rings (SSSR count). The molecule has 0 aromatic carbocycles. The number of nitrogens with zero attached hydrogens (tertiary/aromatic N) is 2. The summed E-state index contributed by atoms with van der Waals surface area (Å²) >= 11 is 1.57. The molecule has 1 atom stereocenters. The third kappa shape index (κ3) is 3.70. The highest BCUT2D eigenvalue weighted by Gasteiger charge is 2.43. The number of piperidine rings is 1. The van der Waals surface area contributed by atoms with Crippen LogP contribution in [0.2, 0.25) is 0 Å². The molecule has 2 aromatic heterocycles. The van der Waals surface area contributed by atoms with Gasteiger partial charge in [0.25, 0.3) is 5.91 Å². The van der Waals surface area contributed by atoms with Crippen LogP contribution in [0.25, 0.3) is 0 Å². The van der Waals surface area contributed by atoms with Crippen molar-refractivity contribution in [1.82, 2.24) is 9.88 Å². The van der Waals surface area contributed by atoms with Crippen molar-refractivity contribution in [2.75, 3.05) is 26.3 Å². The number of hydrogen-bond donors (Lipinski definition) is 0. The molecule has 0 bridgehead atoms. The van der Waals surface area contributed by atoms with E-state index in [1.165, 1.54) is 0 Å². The number of carbonyl (C=O) groups is 1. The van der Waals surface area contributed by atoms with E-state index in [0.717, 1.165) is 44.5 Å². The van der Waals surface area contributed by atoms with Gasteiger partial charge in [0.05, 0.1) is 18.3 Å². The fourth-order valence-corrected chi connectivity index (χ4v) is 4.34. The van der Waals surface area contributed by atoms with Crippen molar-refractivity contribution in [2.24, 2.45) is 5.41 Å². The number of aromatic nitrogens is 1. The Hall–Kier alpha value is -1.92. The molecule has 1 spiro atoms. The second kappa shape index (κ2) is 7.14. The zero-order valence-corrected chi connectivity index (χ0v) is 14.9. The number of rotatable bonds is 4. The zero-order valence-electron chi connectivity index (χ0n) is 14.1. The molecule has 6 heteroatoms. The minimum atomic E-state index is 0.112. The van der Waals surface area contributed by atoms with E-state index < -0.39 is 0 Å². The second-order valence-electron chi connectivity index (χ2n) is 6.92. The Labute approximate surface area is 151 Å². The van der Waals surface area contributed by atoms with E-state index in [9.17, 15) is 4.79 Å². The SMILES string of the molecule is O=C(c1ccsc1)N1CCC2(CC1)CO[C@H](COc1ccccn1)C2. The predicted molar refractivity (Wildman–Crippen MR) is 96.0 cm³/mol. The quantitative estimate of drug-likeness (QED) is 0.842. The first-order valence-electron chi connectivity index (χ1n) is 8.71. The molecule has 25 heavy (non-hydrogen) atoms. The number of thiophene rings is 1. The first-order valence-corrected chi connectivity index (χ1v) is 9.65. The zero-order chi connectivity index (χ0) is 17.1. The van der Waals surface area contributed by atoms with Gasteiger partial charge in [0.15, 0.2) is 0 Å². The summed E-state index contributed by atoms with van der Waals surface area (Å²) in [5, 5.41) is 3.88. The Kier molecular flexibility index (Phi) is 4.72. The first kappa shape index (κ1) is 16.5. The Morgan fingerprint density at radius 3 is 2.96 bits per heavy atom. The molecule has 0 unspecified atom stereocenters. The first-order chi connectivity index (χ1) is 12.2. The summed E-state index contributed by atoms with van der Waals surface area (Å²) < 4.78 is 11.7. The van der Waals surface area contributed by atoms with Crippen LogP contribution in [0.5, 0.6) is 5.88 Å². The van der Waals surface area contributed by atoms with Crippen molar-refractivity contribution in [2.45, 2.75) is 25.4 Å². The van der Waals surface area contributed by atoms with Gasteiger partial charge in [-0.1, -0.05) is 6.07 Å².